The van der Waals surface area contributed by atoms with Crippen molar-refractivity contribution in [1.82, 2.24) is 9.78 Å². The Hall–Kier alpha value is -2.58. The molecule has 0 unspecified atom stereocenters. The Morgan fingerprint density at radius 3 is 2.36 bits per heavy atom. The Balaban J connectivity index is 3.22. The zero-order valence-corrected chi connectivity index (χ0v) is 13.2. The smallest absolute Gasteiger partial charge is 0.412 e. The van der Waals surface area contributed by atoms with Gasteiger partial charge < -0.3 is 15.2 Å². The van der Waals surface area contributed by atoms with E-state index in [9.17, 15) is 14.4 Å². The van der Waals surface area contributed by atoms with Gasteiger partial charge in [-0.1, -0.05) is 0 Å². The molecule has 1 aromatic rings. The molecule has 0 bridgehead atoms. The standard InChI is InChI=1S/C13H20N4O5/c1-7(2)17-10(21-11(14)19)9(8(6-18)16-17)15-12(20)22-13(3,4)5/h6-7H,1-5H3,(H2,14,19)(H,15,20). The molecule has 1 aromatic heterocycles. The number of aromatic nitrogens is 2. The number of ether oxygens (including phenoxy) is 2. The molecule has 9 nitrogen and oxygen atoms in total. The third-order valence-electron chi connectivity index (χ3n) is 2.32. The van der Waals surface area contributed by atoms with Crippen LogP contribution in [0.15, 0.2) is 0 Å². The van der Waals surface area contributed by atoms with Crippen molar-refractivity contribution in [1.29, 1.82) is 0 Å². The van der Waals surface area contributed by atoms with E-state index in [1.807, 2.05) is 0 Å². The van der Waals surface area contributed by atoms with E-state index in [0.29, 0.717) is 6.29 Å². The van der Waals surface area contributed by atoms with Crippen molar-refractivity contribution in [2.45, 2.75) is 46.3 Å². The number of nitrogens with two attached hydrogens (primary N) is 1. The zero-order chi connectivity index (χ0) is 17.1. The summed E-state index contributed by atoms with van der Waals surface area (Å²) in [4.78, 5) is 34.0. The highest BCUT2D eigenvalue weighted by atomic mass is 16.6. The summed E-state index contributed by atoms with van der Waals surface area (Å²) in [5.74, 6) is -0.129. The van der Waals surface area contributed by atoms with Gasteiger partial charge in [0.25, 0.3) is 0 Å². The van der Waals surface area contributed by atoms with Crippen molar-refractivity contribution < 1.29 is 23.9 Å². The lowest BCUT2D eigenvalue weighted by atomic mass is 10.2. The van der Waals surface area contributed by atoms with Gasteiger partial charge in [-0.05, 0) is 34.6 Å². The van der Waals surface area contributed by atoms with E-state index < -0.39 is 17.8 Å². The quantitative estimate of drug-likeness (QED) is 0.820. The van der Waals surface area contributed by atoms with Crippen LogP contribution >= 0.6 is 0 Å². The number of primary amides is 1. The van der Waals surface area contributed by atoms with Crippen molar-refractivity contribution in [3.63, 3.8) is 0 Å². The highest BCUT2D eigenvalue weighted by Gasteiger charge is 2.26. The van der Waals surface area contributed by atoms with Crippen molar-refractivity contribution >= 4 is 24.2 Å². The Morgan fingerprint density at radius 1 is 1.36 bits per heavy atom. The molecule has 9 heteroatoms. The maximum absolute atomic E-state index is 11.9. The number of nitrogens with zero attached hydrogens (tertiary/aromatic N) is 2. The SMILES string of the molecule is CC(C)n1nc(C=O)c(NC(=O)OC(C)(C)C)c1OC(N)=O. The monoisotopic (exact) mass is 312 g/mol. The minimum atomic E-state index is -1.09. The zero-order valence-electron chi connectivity index (χ0n) is 13.2. The van der Waals surface area contributed by atoms with E-state index in [0.717, 1.165) is 0 Å². The Bertz CT molecular complexity index is 586. The molecule has 122 valence electrons. The third-order valence-corrected chi connectivity index (χ3v) is 2.32. The summed E-state index contributed by atoms with van der Waals surface area (Å²) in [6.45, 7) is 8.57. The molecule has 1 heterocycles. The summed E-state index contributed by atoms with van der Waals surface area (Å²) in [6.07, 6.45) is -1.47. The van der Waals surface area contributed by atoms with Crippen molar-refractivity contribution in [2.24, 2.45) is 5.73 Å². The molecule has 1 rings (SSSR count). The van der Waals surface area contributed by atoms with Crippen LogP contribution in [-0.2, 0) is 4.74 Å². The van der Waals surface area contributed by atoms with Crippen LogP contribution in [0.5, 0.6) is 5.88 Å². The molecule has 0 fully saturated rings. The molecule has 0 saturated heterocycles. The van der Waals surface area contributed by atoms with Gasteiger partial charge in [-0.25, -0.2) is 14.3 Å². The van der Waals surface area contributed by atoms with Gasteiger partial charge in [-0.3, -0.25) is 10.1 Å². The van der Waals surface area contributed by atoms with Crippen LogP contribution < -0.4 is 15.8 Å². The number of rotatable bonds is 4. The predicted octanol–water partition coefficient (Wildman–Crippen LogP) is 2.08. The van der Waals surface area contributed by atoms with Crippen LogP contribution in [0.2, 0.25) is 0 Å². The summed E-state index contributed by atoms with van der Waals surface area (Å²) in [5.41, 5.74) is 4.11. The maximum Gasteiger partial charge on any atom is 0.412 e. The van der Waals surface area contributed by atoms with Crippen molar-refractivity contribution in [3.05, 3.63) is 5.69 Å². The molecule has 0 aliphatic rings. The fourth-order valence-electron chi connectivity index (χ4n) is 1.58. The lowest BCUT2D eigenvalue weighted by Crippen LogP contribution is -2.28. The number of carbonyl (C=O) groups is 3. The van der Waals surface area contributed by atoms with Crippen molar-refractivity contribution in [3.8, 4) is 5.88 Å². The second kappa shape index (κ2) is 6.46. The van der Waals surface area contributed by atoms with E-state index in [1.54, 1.807) is 34.6 Å². The number of anilines is 1. The first-order valence-corrected chi connectivity index (χ1v) is 6.60. The van der Waals surface area contributed by atoms with Gasteiger partial charge in [-0.2, -0.15) is 5.10 Å². The van der Waals surface area contributed by atoms with E-state index in [2.05, 4.69) is 10.4 Å². The molecule has 2 amide bonds. The Kier molecular flexibility index (Phi) is 5.13. The number of aldehydes is 1. The normalized spacial score (nSPS) is 11.2. The molecule has 0 aromatic carbocycles. The third kappa shape index (κ3) is 4.47. The van der Waals surface area contributed by atoms with Crippen molar-refractivity contribution in [2.75, 3.05) is 5.32 Å². The van der Waals surface area contributed by atoms with E-state index in [4.69, 9.17) is 15.2 Å². The number of hydrogen-bond donors (Lipinski definition) is 2. The molecule has 0 saturated carbocycles. The molecule has 3 N–H and O–H groups in total. The predicted molar refractivity (Wildman–Crippen MR) is 78.1 cm³/mol. The lowest BCUT2D eigenvalue weighted by molar-refractivity contribution is 0.0635. The van der Waals surface area contributed by atoms with Gasteiger partial charge in [0.05, 0.1) is 6.04 Å². The van der Waals surface area contributed by atoms with Gasteiger partial charge >= 0.3 is 12.2 Å². The van der Waals surface area contributed by atoms with E-state index >= 15 is 0 Å². The first-order valence-electron chi connectivity index (χ1n) is 6.60. The largest absolute Gasteiger partial charge is 0.444 e. The summed E-state index contributed by atoms with van der Waals surface area (Å²) < 4.78 is 11.2. The molecule has 0 radical (unpaired) electrons. The molecule has 22 heavy (non-hydrogen) atoms. The Morgan fingerprint density at radius 2 is 1.95 bits per heavy atom. The molecular weight excluding hydrogens is 292 g/mol. The van der Waals surface area contributed by atoms with Gasteiger partial charge in [-0.15, -0.1) is 0 Å². The average molecular weight is 312 g/mol. The average Bonchev–Trinajstić information content (AvgIpc) is 2.64. The molecular formula is C13H20N4O5. The first-order chi connectivity index (χ1) is 10.0. The van der Waals surface area contributed by atoms with Gasteiger partial charge in [0.1, 0.15) is 11.3 Å². The fraction of sp³-hybridized carbons (Fsp3) is 0.538. The van der Waals surface area contributed by atoms with E-state index in [1.165, 1.54) is 4.68 Å². The number of amides is 2. The second-order valence-corrected chi connectivity index (χ2v) is 5.77. The van der Waals surface area contributed by atoms with Crippen LogP contribution in [0.3, 0.4) is 0 Å². The Labute approximate surface area is 127 Å². The number of hydrogen-bond acceptors (Lipinski definition) is 6. The fourth-order valence-corrected chi connectivity index (χ4v) is 1.58. The molecule has 0 aliphatic heterocycles. The summed E-state index contributed by atoms with van der Waals surface area (Å²) in [6, 6.07) is -0.234. The molecule has 0 atom stereocenters. The number of carbonyl (C=O) groups excluding carboxylic acids is 3. The number of nitrogens with one attached hydrogen (secondary N) is 1. The van der Waals surface area contributed by atoms with Crippen LogP contribution in [0.25, 0.3) is 0 Å². The van der Waals surface area contributed by atoms with Crippen LogP contribution in [-0.4, -0.2) is 33.9 Å². The molecule has 0 spiro atoms. The van der Waals surface area contributed by atoms with Crippen LogP contribution in [0.4, 0.5) is 15.3 Å². The van der Waals surface area contributed by atoms with Crippen LogP contribution in [0.1, 0.15) is 51.1 Å². The topological polar surface area (TPSA) is 126 Å². The van der Waals surface area contributed by atoms with E-state index in [-0.39, 0.29) is 23.3 Å². The summed E-state index contributed by atoms with van der Waals surface area (Å²) in [5, 5.41) is 6.34. The maximum atomic E-state index is 11.9. The summed E-state index contributed by atoms with van der Waals surface area (Å²) in [7, 11) is 0. The minimum absolute atomic E-state index is 0.0725. The van der Waals surface area contributed by atoms with Crippen LogP contribution in [0, 0.1) is 0 Å². The minimum Gasteiger partial charge on any atom is -0.444 e. The lowest BCUT2D eigenvalue weighted by Gasteiger charge is -2.19. The van der Waals surface area contributed by atoms with Gasteiger partial charge in [0, 0.05) is 0 Å². The second-order valence-electron chi connectivity index (χ2n) is 5.77. The van der Waals surface area contributed by atoms with Gasteiger partial charge in [0.2, 0.25) is 5.88 Å². The summed E-state index contributed by atoms with van der Waals surface area (Å²) >= 11 is 0. The highest BCUT2D eigenvalue weighted by Crippen LogP contribution is 2.31. The highest BCUT2D eigenvalue weighted by molar-refractivity contribution is 5.94. The molecule has 0 aliphatic carbocycles. The first kappa shape index (κ1) is 17.5. The van der Waals surface area contributed by atoms with Gasteiger partial charge in [0.15, 0.2) is 12.0 Å².